The monoisotopic (exact) mass is 318 g/mol. The molecule has 0 bridgehead atoms. The van der Waals surface area contributed by atoms with Crippen molar-refractivity contribution in [1.82, 2.24) is 4.98 Å². The predicted octanol–water partition coefficient (Wildman–Crippen LogP) is 3.69. The van der Waals surface area contributed by atoms with Gasteiger partial charge in [0.2, 0.25) is 0 Å². The van der Waals surface area contributed by atoms with Crippen LogP contribution in [0.4, 0.5) is 5.69 Å². The topological polar surface area (TPSA) is 59.1 Å². The Balaban J connectivity index is 1.97. The molecular formula is C15H11ClN2O2S. The molecule has 21 heavy (non-hydrogen) atoms. The third kappa shape index (κ3) is 2.99. The van der Waals surface area contributed by atoms with Crippen LogP contribution in [0, 0.1) is 0 Å². The van der Waals surface area contributed by atoms with Crippen molar-refractivity contribution in [1.29, 1.82) is 0 Å². The van der Waals surface area contributed by atoms with Gasteiger partial charge in [-0.3, -0.25) is 4.72 Å². The van der Waals surface area contributed by atoms with Crippen molar-refractivity contribution in [2.24, 2.45) is 0 Å². The number of rotatable bonds is 3. The summed E-state index contributed by atoms with van der Waals surface area (Å²) >= 11 is 5.73. The molecule has 0 aliphatic rings. The summed E-state index contributed by atoms with van der Waals surface area (Å²) in [7, 11) is -3.68. The van der Waals surface area contributed by atoms with Crippen molar-refractivity contribution >= 4 is 38.1 Å². The van der Waals surface area contributed by atoms with Crippen LogP contribution in [0.15, 0.2) is 65.7 Å². The van der Waals surface area contributed by atoms with Gasteiger partial charge >= 0.3 is 0 Å². The molecule has 2 aromatic carbocycles. The van der Waals surface area contributed by atoms with Gasteiger partial charge in [-0.25, -0.2) is 13.4 Å². The normalized spacial score (nSPS) is 11.5. The summed E-state index contributed by atoms with van der Waals surface area (Å²) in [6.07, 6.45) is 1.36. The standard InChI is InChI=1S/C15H11ClN2O2S/c16-15-10-14(7-8-17-15)21(19,20)18-13-6-5-11-3-1-2-4-12(11)9-13/h1-10,18H. The molecule has 0 unspecified atom stereocenters. The van der Waals surface area contributed by atoms with Gasteiger partial charge in [0.1, 0.15) is 5.15 Å². The highest BCUT2D eigenvalue weighted by Gasteiger charge is 2.14. The molecule has 0 atom stereocenters. The van der Waals surface area contributed by atoms with Crippen molar-refractivity contribution in [3.8, 4) is 0 Å². The summed E-state index contributed by atoms with van der Waals surface area (Å²) in [6, 6.07) is 15.8. The molecule has 0 radical (unpaired) electrons. The zero-order valence-corrected chi connectivity index (χ0v) is 12.4. The number of halogens is 1. The van der Waals surface area contributed by atoms with Gasteiger partial charge in [-0.05, 0) is 35.0 Å². The Kier molecular flexibility index (Phi) is 3.53. The Labute approximate surface area is 127 Å². The second-order valence-electron chi connectivity index (χ2n) is 4.48. The van der Waals surface area contributed by atoms with Crippen LogP contribution in [0.5, 0.6) is 0 Å². The van der Waals surface area contributed by atoms with E-state index in [0.29, 0.717) is 5.69 Å². The Morgan fingerprint density at radius 3 is 2.48 bits per heavy atom. The number of anilines is 1. The van der Waals surface area contributed by atoms with E-state index >= 15 is 0 Å². The predicted molar refractivity (Wildman–Crippen MR) is 84.0 cm³/mol. The highest BCUT2D eigenvalue weighted by molar-refractivity contribution is 7.92. The summed E-state index contributed by atoms with van der Waals surface area (Å²) in [5, 5.41) is 2.15. The third-order valence-electron chi connectivity index (χ3n) is 3.01. The maximum absolute atomic E-state index is 12.3. The molecule has 6 heteroatoms. The largest absolute Gasteiger partial charge is 0.280 e. The SMILES string of the molecule is O=S(=O)(Nc1ccc2ccccc2c1)c1ccnc(Cl)c1. The first-order valence-corrected chi connectivity index (χ1v) is 8.04. The van der Waals surface area contributed by atoms with E-state index < -0.39 is 10.0 Å². The van der Waals surface area contributed by atoms with Crippen LogP contribution in [0.25, 0.3) is 10.8 Å². The number of pyridine rings is 1. The van der Waals surface area contributed by atoms with Gasteiger partial charge in [-0.2, -0.15) is 0 Å². The fourth-order valence-electron chi connectivity index (χ4n) is 2.02. The van der Waals surface area contributed by atoms with E-state index in [9.17, 15) is 8.42 Å². The average molecular weight is 319 g/mol. The van der Waals surface area contributed by atoms with Gasteiger partial charge in [-0.1, -0.05) is 41.9 Å². The Morgan fingerprint density at radius 2 is 1.71 bits per heavy atom. The fraction of sp³-hybridized carbons (Fsp3) is 0. The molecule has 4 nitrogen and oxygen atoms in total. The minimum atomic E-state index is -3.68. The lowest BCUT2D eigenvalue weighted by atomic mass is 10.1. The molecule has 0 aliphatic heterocycles. The minimum absolute atomic E-state index is 0.0793. The number of benzene rings is 2. The maximum Gasteiger partial charge on any atom is 0.262 e. The van der Waals surface area contributed by atoms with Gasteiger partial charge in [0.25, 0.3) is 10.0 Å². The van der Waals surface area contributed by atoms with Crippen LogP contribution >= 0.6 is 11.6 Å². The summed E-state index contributed by atoms with van der Waals surface area (Å²) < 4.78 is 27.1. The number of hydrogen-bond acceptors (Lipinski definition) is 3. The molecule has 3 rings (SSSR count). The smallest absolute Gasteiger partial charge is 0.262 e. The molecular weight excluding hydrogens is 308 g/mol. The second-order valence-corrected chi connectivity index (χ2v) is 6.55. The Morgan fingerprint density at radius 1 is 0.952 bits per heavy atom. The van der Waals surface area contributed by atoms with E-state index in [0.717, 1.165) is 10.8 Å². The quantitative estimate of drug-likeness (QED) is 0.749. The summed E-state index contributed by atoms with van der Waals surface area (Å²) in [5.74, 6) is 0. The van der Waals surface area contributed by atoms with E-state index in [1.807, 2.05) is 30.3 Å². The third-order valence-corrected chi connectivity index (χ3v) is 4.60. The van der Waals surface area contributed by atoms with Gasteiger partial charge in [-0.15, -0.1) is 0 Å². The molecule has 0 saturated heterocycles. The molecule has 1 aromatic heterocycles. The summed E-state index contributed by atoms with van der Waals surface area (Å²) in [6.45, 7) is 0. The number of nitrogens with one attached hydrogen (secondary N) is 1. The van der Waals surface area contributed by atoms with E-state index in [-0.39, 0.29) is 10.0 Å². The first kappa shape index (κ1) is 13.9. The zero-order valence-electron chi connectivity index (χ0n) is 10.8. The van der Waals surface area contributed by atoms with Crippen LogP contribution in [-0.4, -0.2) is 13.4 Å². The number of nitrogens with zero attached hydrogens (tertiary/aromatic N) is 1. The molecule has 1 heterocycles. The summed E-state index contributed by atoms with van der Waals surface area (Å²) in [5.41, 5.74) is 0.502. The minimum Gasteiger partial charge on any atom is -0.280 e. The number of sulfonamides is 1. The number of fused-ring (bicyclic) bond motifs is 1. The van der Waals surface area contributed by atoms with Gasteiger partial charge < -0.3 is 0 Å². The van der Waals surface area contributed by atoms with Crippen LogP contribution in [-0.2, 0) is 10.0 Å². The maximum atomic E-state index is 12.3. The number of hydrogen-bond donors (Lipinski definition) is 1. The van der Waals surface area contributed by atoms with E-state index in [4.69, 9.17) is 11.6 Å². The first-order chi connectivity index (χ1) is 10.0. The number of aromatic nitrogens is 1. The van der Waals surface area contributed by atoms with Gasteiger partial charge in [0.15, 0.2) is 0 Å². The van der Waals surface area contributed by atoms with E-state index in [1.54, 1.807) is 12.1 Å². The highest BCUT2D eigenvalue weighted by atomic mass is 35.5. The lowest BCUT2D eigenvalue weighted by Crippen LogP contribution is -2.13. The van der Waals surface area contributed by atoms with E-state index in [1.165, 1.54) is 18.3 Å². The van der Waals surface area contributed by atoms with Crippen LogP contribution in [0.2, 0.25) is 5.15 Å². The van der Waals surface area contributed by atoms with Gasteiger partial charge in [0, 0.05) is 11.9 Å². The van der Waals surface area contributed by atoms with Crippen LogP contribution in [0.3, 0.4) is 0 Å². The van der Waals surface area contributed by atoms with Crippen molar-refractivity contribution in [2.75, 3.05) is 4.72 Å². The summed E-state index contributed by atoms with van der Waals surface area (Å²) in [4.78, 5) is 3.85. The van der Waals surface area contributed by atoms with Crippen LogP contribution < -0.4 is 4.72 Å². The van der Waals surface area contributed by atoms with Crippen molar-refractivity contribution in [3.63, 3.8) is 0 Å². The van der Waals surface area contributed by atoms with Crippen molar-refractivity contribution in [3.05, 3.63) is 65.9 Å². The molecule has 1 N–H and O–H groups in total. The fourth-order valence-corrected chi connectivity index (χ4v) is 3.32. The molecule has 3 aromatic rings. The average Bonchev–Trinajstić information content (AvgIpc) is 2.47. The molecule has 0 fully saturated rings. The van der Waals surface area contributed by atoms with Gasteiger partial charge in [0.05, 0.1) is 4.90 Å². The molecule has 0 amide bonds. The molecule has 0 saturated carbocycles. The van der Waals surface area contributed by atoms with E-state index in [2.05, 4.69) is 9.71 Å². The van der Waals surface area contributed by atoms with Crippen LogP contribution in [0.1, 0.15) is 0 Å². The Bertz CT molecular complexity index is 910. The molecule has 106 valence electrons. The second kappa shape index (κ2) is 5.35. The molecule has 0 spiro atoms. The Hall–Kier alpha value is -2.11. The van der Waals surface area contributed by atoms with Crippen molar-refractivity contribution in [2.45, 2.75) is 4.90 Å². The highest BCUT2D eigenvalue weighted by Crippen LogP contribution is 2.22. The molecule has 0 aliphatic carbocycles. The first-order valence-electron chi connectivity index (χ1n) is 6.18. The lowest BCUT2D eigenvalue weighted by Gasteiger charge is -2.09. The lowest BCUT2D eigenvalue weighted by molar-refractivity contribution is 0.601. The van der Waals surface area contributed by atoms with Crippen molar-refractivity contribution < 1.29 is 8.42 Å². The zero-order chi connectivity index (χ0) is 14.9.